The fourth-order valence-electron chi connectivity index (χ4n) is 2.21. The van der Waals surface area contributed by atoms with Gasteiger partial charge in [-0.05, 0) is 70.6 Å². The van der Waals surface area contributed by atoms with Crippen molar-refractivity contribution in [3.05, 3.63) is 68.4 Å². The van der Waals surface area contributed by atoms with Gasteiger partial charge in [0.05, 0.1) is 4.47 Å². The molecule has 2 aromatic carbocycles. The highest BCUT2D eigenvalue weighted by molar-refractivity contribution is 9.10. The van der Waals surface area contributed by atoms with E-state index < -0.39 is 0 Å². The fraction of sp³-hybridized carbons (Fsp3) is 0.250. The number of nitrogens with two attached hydrogens (primary N) is 1. The minimum absolute atomic E-state index is 0.220. The van der Waals surface area contributed by atoms with Crippen LogP contribution in [0.4, 0.5) is 4.39 Å². The van der Waals surface area contributed by atoms with Crippen LogP contribution < -0.4 is 5.73 Å². The molecule has 20 heavy (non-hydrogen) atoms. The SMILES string of the molecule is NCC(Cc1ccc(Br)cc1)Cc1cccc(F)c1Br. The lowest BCUT2D eigenvalue weighted by atomic mass is 9.92. The molecule has 0 bridgehead atoms. The van der Waals surface area contributed by atoms with Crippen LogP contribution in [0.3, 0.4) is 0 Å². The third-order valence-electron chi connectivity index (χ3n) is 3.31. The average Bonchev–Trinajstić information content (AvgIpc) is 2.45. The number of hydrogen-bond acceptors (Lipinski definition) is 1. The van der Waals surface area contributed by atoms with Crippen molar-refractivity contribution < 1.29 is 4.39 Å². The summed E-state index contributed by atoms with van der Waals surface area (Å²) in [4.78, 5) is 0. The van der Waals surface area contributed by atoms with Crippen molar-refractivity contribution in [3.8, 4) is 0 Å². The van der Waals surface area contributed by atoms with Crippen LogP contribution in [-0.4, -0.2) is 6.54 Å². The van der Waals surface area contributed by atoms with Crippen molar-refractivity contribution in [3.63, 3.8) is 0 Å². The van der Waals surface area contributed by atoms with Gasteiger partial charge in [-0.25, -0.2) is 4.39 Å². The van der Waals surface area contributed by atoms with Crippen molar-refractivity contribution >= 4 is 31.9 Å². The lowest BCUT2D eigenvalue weighted by Crippen LogP contribution is -2.19. The van der Waals surface area contributed by atoms with Crippen molar-refractivity contribution in [2.75, 3.05) is 6.54 Å². The van der Waals surface area contributed by atoms with Crippen molar-refractivity contribution in [2.45, 2.75) is 12.8 Å². The van der Waals surface area contributed by atoms with E-state index in [1.54, 1.807) is 6.07 Å². The molecule has 0 fully saturated rings. The molecular formula is C16H16Br2FN. The van der Waals surface area contributed by atoms with E-state index in [9.17, 15) is 4.39 Å². The first-order chi connectivity index (χ1) is 9.60. The second-order valence-corrected chi connectivity index (χ2v) is 6.56. The third kappa shape index (κ3) is 4.14. The zero-order chi connectivity index (χ0) is 14.5. The lowest BCUT2D eigenvalue weighted by Gasteiger charge is -2.16. The first kappa shape index (κ1) is 15.7. The summed E-state index contributed by atoms with van der Waals surface area (Å²) in [6, 6.07) is 13.4. The van der Waals surface area contributed by atoms with E-state index in [1.807, 2.05) is 18.2 Å². The number of rotatable bonds is 5. The Morgan fingerprint density at radius 3 is 2.35 bits per heavy atom. The summed E-state index contributed by atoms with van der Waals surface area (Å²) in [6.07, 6.45) is 1.66. The summed E-state index contributed by atoms with van der Waals surface area (Å²) in [6.45, 7) is 0.582. The first-order valence-corrected chi connectivity index (χ1v) is 8.06. The molecule has 0 aliphatic rings. The topological polar surface area (TPSA) is 26.0 Å². The predicted molar refractivity (Wildman–Crippen MR) is 88.2 cm³/mol. The van der Waals surface area contributed by atoms with Gasteiger partial charge in [0.15, 0.2) is 0 Å². The van der Waals surface area contributed by atoms with Crippen LogP contribution in [0.5, 0.6) is 0 Å². The second-order valence-electron chi connectivity index (χ2n) is 4.85. The Morgan fingerprint density at radius 2 is 1.70 bits per heavy atom. The minimum Gasteiger partial charge on any atom is -0.330 e. The smallest absolute Gasteiger partial charge is 0.137 e. The largest absolute Gasteiger partial charge is 0.330 e. The van der Waals surface area contributed by atoms with Gasteiger partial charge < -0.3 is 5.73 Å². The fourth-order valence-corrected chi connectivity index (χ4v) is 2.90. The molecule has 0 spiro atoms. The Balaban J connectivity index is 2.09. The van der Waals surface area contributed by atoms with Gasteiger partial charge in [-0.1, -0.05) is 40.2 Å². The molecule has 1 atom stereocenters. The predicted octanol–water partition coefficient (Wildman–Crippen LogP) is 4.71. The summed E-state index contributed by atoms with van der Waals surface area (Å²) in [7, 11) is 0. The van der Waals surface area contributed by atoms with Crippen LogP contribution in [0.15, 0.2) is 51.4 Å². The Labute approximate surface area is 135 Å². The van der Waals surface area contributed by atoms with Crippen LogP contribution >= 0.6 is 31.9 Å². The van der Waals surface area contributed by atoms with E-state index in [1.165, 1.54) is 11.6 Å². The molecule has 4 heteroatoms. The van der Waals surface area contributed by atoms with Crippen molar-refractivity contribution in [2.24, 2.45) is 11.7 Å². The van der Waals surface area contributed by atoms with Gasteiger partial charge in [-0.15, -0.1) is 0 Å². The van der Waals surface area contributed by atoms with Gasteiger partial charge in [0.1, 0.15) is 5.82 Å². The molecule has 2 N–H and O–H groups in total. The van der Waals surface area contributed by atoms with Crippen LogP contribution in [0.25, 0.3) is 0 Å². The normalized spacial score (nSPS) is 12.4. The highest BCUT2D eigenvalue weighted by atomic mass is 79.9. The maximum absolute atomic E-state index is 13.5. The van der Waals surface area contributed by atoms with Gasteiger partial charge >= 0.3 is 0 Å². The van der Waals surface area contributed by atoms with Gasteiger partial charge in [-0.3, -0.25) is 0 Å². The van der Waals surface area contributed by atoms with Gasteiger partial charge in [0.25, 0.3) is 0 Å². The van der Waals surface area contributed by atoms with Crippen LogP contribution in [0.1, 0.15) is 11.1 Å². The Bertz CT molecular complexity index is 569. The minimum atomic E-state index is -0.220. The number of benzene rings is 2. The molecule has 0 aliphatic carbocycles. The van der Waals surface area contributed by atoms with Gasteiger partial charge in [0.2, 0.25) is 0 Å². The van der Waals surface area contributed by atoms with Crippen LogP contribution in [0, 0.1) is 11.7 Å². The monoisotopic (exact) mass is 399 g/mol. The molecule has 0 aromatic heterocycles. The summed E-state index contributed by atoms with van der Waals surface area (Å²) >= 11 is 6.74. The highest BCUT2D eigenvalue weighted by Crippen LogP contribution is 2.24. The Kier molecular flexibility index (Phi) is 5.75. The molecule has 0 radical (unpaired) electrons. The molecule has 2 rings (SSSR count). The van der Waals surface area contributed by atoms with E-state index in [4.69, 9.17) is 5.73 Å². The van der Waals surface area contributed by atoms with E-state index in [0.29, 0.717) is 16.9 Å². The van der Waals surface area contributed by atoms with E-state index >= 15 is 0 Å². The molecule has 0 heterocycles. The molecule has 1 nitrogen and oxygen atoms in total. The van der Waals surface area contributed by atoms with E-state index in [-0.39, 0.29) is 5.82 Å². The summed E-state index contributed by atoms with van der Waals surface area (Å²) in [5.74, 6) is 0.0798. The molecular weight excluding hydrogens is 385 g/mol. The summed E-state index contributed by atoms with van der Waals surface area (Å²) in [5, 5.41) is 0. The zero-order valence-corrected chi connectivity index (χ0v) is 14.1. The van der Waals surface area contributed by atoms with E-state index in [0.717, 1.165) is 22.9 Å². The molecule has 0 aliphatic heterocycles. The third-order valence-corrected chi connectivity index (χ3v) is 4.73. The van der Waals surface area contributed by atoms with Gasteiger partial charge in [0, 0.05) is 4.47 Å². The molecule has 0 amide bonds. The molecule has 2 aromatic rings. The van der Waals surface area contributed by atoms with Crippen LogP contribution in [0.2, 0.25) is 0 Å². The quantitative estimate of drug-likeness (QED) is 0.772. The Morgan fingerprint density at radius 1 is 1.00 bits per heavy atom. The first-order valence-electron chi connectivity index (χ1n) is 6.47. The molecule has 106 valence electrons. The lowest BCUT2D eigenvalue weighted by molar-refractivity contribution is 0.528. The maximum atomic E-state index is 13.5. The highest BCUT2D eigenvalue weighted by Gasteiger charge is 2.13. The number of halogens is 3. The zero-order valence-electron chi connectivity index (χ0n) is 11.0. The summed E-state index contributed by atoms with van der Waals surface area (Å²) < 4.78 is 15.1. The standard InChI is InChI=1S/C16H16Br2FN/c17-14-6-4-11(5-7-14)8-12(10-20)9-13-2-1-3-15(19)16(13)18/h1-7,12H,8-10,20H2. The van der Waals surface area contributed by atoms with E-state index in [2.05, 4.69) is 44.0 Å². The average molecular weight is 401 g/mol. The second kappa shape index (κ2) is 7.34. The molecule has 0 saturated heterocycles. The van der Waals surface area contributed by atoms with Crippen molar-refractivity contribution in [1.29, 1.82) is 0 Å². The Hall–Kier alpha value is -0.710. The van der Waals surface area contributed by atoms with Gasteiger partial charge in [-0.2, -0.15) is 0 Å². The van der Waals surface area contributed by atoms with Crippen LogP contribution in [-0.2, 0) is 12.8 Å². The number of hydrogen-bond donors (Lipinski definition) is 1. The van der Waals surface area contributed by atoms with Crippen molar-refractivity contribution in [1.82, 2.24) is 0 Å². The summed E-state index contributed by atoms with van der Waals surface area (Å²) in [5.41, 5.74) is 8.08. The maximum Gasteiger partial charge on any atom is 0.137 e. The molecule has 0 saturated carbocycles. The molecule has 1 unspecified atom stereocenters.